The molecule has 4 heteroatoms. The fourth-order valence-electron chi connectivity index (χ4n) is 0.843. The quantitative estimate of drug-likeness (QED) is 0.444. The number of rotatable bonds is 2. The molecule has 0 saturated heterocycles. The van der Waals surface area contributed by atoms with E-state index in [1.165, 1.54) is 0 Å². The third-order valence-electron chi connectivity index (χ3n) is 1.41. The van der Waals surface area contributed by atoms with E-state index in [0.29, 0.717) is 5.11 Å². The summed E-state index contributed by atoms with van der Waals surface area (Å²) in [5.74, 6) is 0. The zero-order valence-electron chi connectivity index (χ0n) is 8.24. The highest BCUT2D eigenvalue weighted by Crippen LogP contribution is 2.03. The monoisotopic (exact) mass is 207 g/mol. The van der Waals surface area contributed by atoms with Crippen LogP contribution in [0.1, 0.15) is 13.8 Å². The molecule has 2 N–H and O–H groups in total. The highest BCUT2D eigenvalue weighted by atomic mass is 32.1. The van der Waals surface area contributed by atoms with Crippen molar-refractivity contribution < 1.29 is 0 Å². The minimum Gasteiger partial charge on any atom is -0.331 e. The average Bonchev–Trinajstić information content (AvgIpc) is 2.16. The van der Waals surface area contributed by atoms with E-state index >= 15 is 0 Å². The smallest absolute Gasteiger partial charge is 0.191 e. The van der Waals surface area contributed by atoms with Crippen LogP contribution in [-0.4, -0.2) is 10.8 Å². The Balaban J connectivity index is 2.46. The number of hydrogen-bond acceptors (Lipinski definition) is 2. The number of anilines is 1. The first-order valence-electron chi connectivity index (χ1n) is 4.31. The van der Waals surface area contributed by atoms with Crippen molar-refractivity contribution in [3.8, 4) is 0 Å². The molecule has 0 atom stereocenters. The molecule has 1 aromatic carbocycles. The van der Waals surface area contributed by atoms with E-state index in [1.807, 2.05) is 44.2 Å². The van der Waals surface area contributed by atoms with Crippen LogP contribution in [0.2, 0.25) is 0 Å². The number of thiocarbonyl (C=S) groups is 1. The second-order valence-electron chi connectivity index (χ2n) is 2.99. The topological polar surface area (TPSA) is 36.4 Å². The van der Waals surface area contributed by atoms with Crippen LogP contribution in [0.15, 0.2) is 35.4 Å². The van der Waals surface area contributed by atoms with E-state index < -0.39 is 0 Å². The predicted octanol–water partition coefficient (Wildman–Crippen LogP) is 2.37. The molecule has 0 aromatic heterocycles. The van der Waals surface area contributed by atoms with Gasteiger partial charge in [-0.25, -0.2) is 0 Å². The van der Waals surface area contributed by atoms with E-state index in [0.717, 1.165) is 11.4 Å². The molecule has 0 aliphatic heterocycles. The van der Waals surface area contributed by atoms with Gasteiger partial charge in [-0.15, -0.1) is 0 Å². The van der Waals surface area contributed by atoms with Crippen molar-refractivity contribution in [3.05, 3.63) is 30.3 Å². The minimum atomic E-state index is 0.498. The summed E-state index contributed by atoms with van der Waals surface area (Å²) in [4.78, 5) is 0. The highest BCUT2D eigenvalue weighted by molar-refractivity contribution is 7.80. The molecule has 0 radical (unpaired) electrons. The van der Waals surface area contributed by atoms with Gasteiger partial charge in [0.1, 0.15) is 0 Å². The third-order valence-corrected chi connectivity index (χ3v) is 1.61. The van der Waals surface area contributed by atoms with Crippen LogP contribution in [0.3, 0.4) is 0 Å². The Morgan fingerprint density at radius 3 is 2.43 bits per heavy atom. The van der Waals surface area contributed by atoms with Crippen molar-refractivity contribution in [2.45, 2.75) is 13.8 Å². The Labute approximate surface area is 89.2 Å². The van der Waals surface area contributed by atoms with Gasteiger partial charge in [-0.1, -0.05) is 18.2 Å². The molecule has 0 unspecified atom stereocenters. The van der Waals surface area contributed by atoms with Crippen molar-refractivity contribution in [2.24, 2.45) is 5.10 Å². The van der Waals surface area contributed by atoms with Crippen LogP contribution in [0.4, 0.5) is 5.69 Å². The largest absolute Gasteiger partial charge is 0.331 e. The summed E-state index contributed by atoms with van der Waals surface area (Å²) < 4.78 is 0. The molecule has 14 heavy (non-hydrogen) atoms. The maximum absolute atomic E-state index is 5.03. The number of hydrazone groups is 1. The van der Waals surface area contributed by atoms with Gasteiger partial charge in [-0.05, 0) is 38.2 Å². The van der Waals surface area contributed by atoms with Crippen LogP contribution in [0.5, 0.6) is 0 Å². The summed E-state index contributed by atoms with van der Waals surface area (Å²) in [5, 5.41) is 7.49. The molecular weight excluding hydrogens is 194 g/mol. The number of benzene rings is 1. The summed E-state index contributed by atoms with van der Waals surface area (Å²) in [6, 6.07) is 9.72. The fourth-order valence-corrected chi connectivity index (χ4v) is 1.01. The normalized spacial score (nSPS) is 9.00. The van der Waals surface area contributed by atoms with Crippen molar-refractivity contribution in [1.29, 1.82) is 0 Å². The summed E-state index contributed by atoms with van der Waals surface area (Å²) in [6.07, 6.45) is 0. The van der Waals surface area contributed by atoms with E-state index in [4.69, 9.17) is 12.2 Å². The van der Waals surface area contributed by atoms with Crippen molar-refractivity contribution in [2.75, 3.05) is 5.32 Å². The molecule has 3 nitrogen and oxygen atoms in total. The van der Waals surface area contributed by atoms with Crippen LogP contribution in [0.25, 0.3) is 0 Å². The SMILES string of the molecule is CC(C)=NNC(=S)Nc1ccccc1. The van der Waals surface area contributed by atoms with Gasteiger partial charge in [0.15, 0.2) is 5.11 Å². The molecule has 0 aliphatic rings. The zero-order valence-corrected chi connectivity index (χ0v) is 9.06. The van der Waals surface area contributed by atoms with E-state index in [2.05, 4.69) is 15.8 Å². The summed E-state index contributed by atoms with van der Waals surface area (Å²) in [5.41, 5.74) is 4.62. The van der Waals surface area contributed by atoms with E-state index in [-0.39, 0.29) is 0 Å². The van der Waals surface area contributed by atoms with Gasteiger partial charge in [0.25, 0.3) is 0 Å². The number of nitrogens with zero attached hydrogens (tertiary/aromatic N) is 1. The van der Waals surface area contributed by atoms with Gasteiger partial charge < -0.3 is 5.32 Å². The Morgan fingerprint density at radius 1 is 1.21 bits per heavy atom. The van der Waals surface area contributed by atoms with Crippen LogP contribution in [0, 0.1) is 0 Å². The number of nitrogens with one attached hydrogen (secondary N) is 2. The lowest BCUT2D eigenvalue weighted by Gasteiger charge is -2.06. The van der Waals surface area contributed by atoms with Gasteiger partial charge in [0, 0.05) is 11.4 Å². The summed E-state index contributed by atoms with van der Waals surface area (Å²) in [7, 11) is 0. The molecule has 0 spiro atoms. The van der Waals surface area contributed by atoms with E-state index in [9.17, 15) is 0 Å². The Bertz CT molecular complexity index is 328. The van der Waals surface area contributed by atoms with Gasteiger partial charge >= 0.3 is 0 Å². The first-order valence-corrected chi connectivity index (χ1v) is 4.72. The second kappa shape index (κ2) is 5.34. The minimum absolute atomic E-state index is 0.498. The third kappa shape index (κ3) is 4.00. The first-order chi connectivity index (χ1) is 6.68. The van der Waals surface area contributed by atoms with Crippen molar-refractivity contribution in [1.82, 2.24) is 5.43 Å². The fraction of sp³-hybridized carbons (Fsp3) is 0.200. The van der Waals surface area contributed by atoms with Crippen molar-refractivity contribution >= 4 is 28.7 Å². The molecule has 0 amide bonds. The molecule has 1 rings (SSSR count). The van der Waals surface area contributed by atoms with Crippen LogP contribution >= 0.6 is 12.2 Å². The van der Waals surface area contributed by atoms with Gasteiger partial charge in [-0.2, -0.15) is 5.10 Å². The summed E-state index contributed by atoms with van der Waals surface area (Å²) in [6.45, 7) is 3.80. The Hall–Kier alpha value is -1.42. The van der Waals surface area contributed by atoms with Gasteiger partial charge in [0.2, 0.25) is 0 Å². The molecule has 1 aromatic rings. The summed E-state index contributed by atoms with van der Waals surface area (Å²) >= 11 is 5.03. The number of hydrogen-bond donors (Lipinski definition) is 2. The zero-order chi connectivity index (χ0) is 10.4. The molecule has 0 bridgehead atoms. The lowest BCUT2D eigenvalue weighted by atomic mass is 10.3. The molecule has 0 saturated carbocycles. The van der Waals surface area contributed by atoms with E-state index in [1.54, 1.807) is 0 Å². The lowest BCUT2D eigenvalue weighted by molar-refractivity contribution is 1.03. The van der Waals surface area contributed by atoms with Gasteiger partial charge in [-0.3, -0.25) is 5.43 Å². The molecule has 0 fully saturated rings. The standard InChI is InChI=1S/C10H13N3S/c1-8(2)12-13-10(14)11-9-6-4-3-5-7-9/h3-7H,1-2H3,(H2,11,13,14). The van der Waals surface area contributed by atoms with Crippen LogP contribution in [-0.2, 0) is 0 Å². The lowest BCUT2D eigenvalue weighted by Crippen LogP contribution is -2.24. The Morgan fingerprint density at radius 2 is 1.86 bits per heavy atom. The second-order valence-corrected chi connectivity index (χ2v) is 3.40. The Kier molecular flexibility index (Phi) is 4.07. The maximum Gasteiger partial charge on any atom is 0.191 e. The molecular formula is C10H13N3S. The molecule has 74 valence electrons. The molecule has 0 heterocycles. The molecule has 0 aliphatic carbocycles. The van der Waals surface area contributed by atoms with Crippen LogP contribution < -0.4 is 10.7 Å². The average molecular weight is 207 g/mol. The van der Waals surface area contributed by atoms with Crippen molar-refractivity contribution in [3.63, 3.8) is 0 Å². The number of para-hydroxylation sites is 1. The van der Waals surface area contributed by atoms with Gasteiger partial charge in [0.05, 0.1) is 0 Å². The first kappa shape index (κ1) is 10.7. The highest BCUT2D eigenvalue weighted by Gasteiger charge is 1.93. The predicted molar refractivity (Wildman–Crippen MR) is 64.6 cm³/mol. The maximum atomic E-state index is 5.03.